The van der Waals surface area contributed by atoms with E-state index in [1.54, 1.807) is 14.0 Å². The van der Waals surface area contributed by atoms with Gasteiger partial charge in [-0.15, -0.1) is 0 Å². The minimum absolute atomic E-state index is 0.535. The van der Waals surface area contributed by atoms with Crippen LogP contribution in [-0.2, 0) is 0 Å². The van der Waals surface area contributed by atoms with E-state index in [0.29, 0.717) is 12.5 Å². The Morgan fingerprint density at radius 1 is 1.22 bits per heavy atom. The molecule has 0 amide bonds. The van der Waals surface area contributed by atoms with Gasteiger partial charge in [0.15, 0.2) is 0 Å². The summed E-state index contributed by atoms with van der Waals surface area (Å²) in [5, 5.41) is 9.73. The second-order valence-corrected chi connectivity index (χ2v) is 4.57. The normalized spacial score (nSPS) is 12.6. The van der Waals surface area contributed by atoms with Gasteiger partial charge in [0.25, 0.3) is 0 Å². The van der Waals surface area contributed by atoms with Gasteiger partial charge >= 0.3 is 0 Å². The van der Waals surface area contributed by atoms with Crippen LogP contribution < -0.4 is 9.47 Å². The molecule has 18 heavy (non-hydrogen) atoms. The van der Waals surface area contributed by atoms with Crippen molar-refractivity contribution >= 4 is 0 Å². The first kappa shape index (κ1) is 14.8. The maximum Gasteiger partial charge on any atom is 0.128 e. The molecule has 0 radical (unpaired) electrons. The van der Waals surface area contributed by atoms with E-state index >= 15 is 0 Å². The van der Waals surface area contributed by atoms with Crippen LogP contribution in [0.5, 0.6) is 11.5 Å². The highest BCUT2D eigenvalue weighted by atomic mass is 16.5. The average Bonchev–Trinajstić information content (AvgIpc) is 2.39. The molecule has 102 valence electrons. The van der Waals surface area contributed by atoms with E-state index in [0.717, 1.165) is 29.9 Å². The summed E-state index contributed by atoms with van der Waals surface area (Å²) in [6.45, 7) is 6.75. The Hall–Kier alpha value is -1.22. The van der Waals surface area contributed by atoms with Crippen LogP contribution in [0.25, 0.3) is 0 Å². The SMILES string of the molecule is CCC(CC)COc1cc(OC)ccc1[C@@H](C)O. The standard InChI is InChI=1S/C15H24O3/c1-5-12(6-2)10-18-15-9-13(17-4)7-8-14(15)11(3)16/h7-9,11-12,16H,5-6,10H2,1-4H3/t11-/m1/s1. The van der Waals surface area contributed by atoms with Gasteiger partial charge in [0, 0.05) is 11.6 Å². The highest BCUT2D eigenvalue weighted by molar-refractivity contribution is 5.41. The van der Waals surface area contributed by atoms with Gasteiger partial charge in [0.2, 0.25) is 0 Å². The summed E-state index contributed by atoms with van der Waals surface area (Å²) in [7, 11) is 1.63. The van der Waals surface area contributed by atoms with Crippen molar-refractivity contribution < 1.29 is 14.6 Å². The zero-order valence-electron chi connectivity index (χ0n) is 11.8. The Labute approximate surface area is 110 Å². The van der Waals surface area contributed by atoms with Crippen LogP contribution in [0, 0.1) is 5.92 Å². The number of aliphatic hydroxyl groups excluding tert-OH is 1. The molecule has 0 saturated heterocycles. The molecule has 0 aliphatic rings. The fraction of sp³-hybridized carbons (Fsp3) is 0.600. The van der Waals surface area contributed by atoms with Gasteiger partial charge in [-0.3, -0.25) is 0 Å². The molecule has 1 aromatic carbocycles. The molecule has 1 atom stereocenters. The van der Waals surface area contributed by atoms with Crippen molar-refractivity contribution in [3.63, 3.8) is 0 Å². The number of methoxy groups -OCH3 is 1. The number of rotatable bonds is 7. The van der Waals surface area contributed by atoms with Crippen molar-refractivity contribution in [3.8, 4) is 11.5 Å². The molecular weight excluding hydrogens is 228 g/mol. The Kier molecular flexibility index (Phi) is 5.99. The lowest BCUT2D eigenvalue weighted by Gasteiger charge is -2.18. The Balaban J connectivity index is 2.83. The molecular formula is C15H24O3. The van der Waals surface area contributed by atoms with E-state index in [2.05, 4.69) is 13.8 Å². The summed E-state index contributed by atoms with van der Waals surface area (Å²) < 4.78 is 11.0. The van der Waals surface area contributed by atoms with E-state index in [1.807, 2.05) is 18.2 Å². The maximum atomic E-state index is 9.73. The molecule has 0 aliphatic carbocycles. The van der Waals surface area contributed by atoms with Gasteiger partial charge < -0.3 is 14.6 Å². The highest BCUT2D eigenvalue weighted by Crippen LogP contribution is 2.30. The maximum absolute atomic E-state index is 9.73. The quantitative estimate of drug-likeness (QED) is 0.806. The Morgan fingerprint density at radius 2 is 1.89 bits per heavy atom. The van der Waals surface area contributed by atoms with Crippen LogP contribution in [-0.4, -0.2) is 18.8 Å². The second-order valence-electron chi connectivity index (χ2n) is 4.57. The van der Waals surface area contributed by atoms with Crippen molar-refractivity contribution in [2.45, 2.75) is 39.7 Å². The van der Waals surface area contributed by atoms with E-state index in [-0.39, 0.29) is 0 Å². The highest BCUT2D eigenvalue weighted by Gasteiger charge is 2.12. The molecule has 0 heterocycles. The van der Waals surface area contributed by atoms with Crippen LogP contribution in [0.15, 0.2) is 18.2 Å². The summed E-state index contributed by atoms with van der Waals surface area (Å²) in [5.74, 6) is 2.02. The molecule has 3 nitrogen and oxygen atoms in total. The molecule has 0 aliphatic heterocycles. The summed E-state index contributed by atoms with van der Waals surface area (Å²) in [6, 6.07) is 5.53. The van der Waals surface area contributed by atoms with Gasteiger partial charge in [0.05, 0.1) is 19.8 Å². The van der Waals surface area contributed by atoms with Gasteiger partial charge in [0.1, 0.15) is 11.5 Å². The predicted molar refractivity (Wildman–Crippen MR) is 73.2 cm³/mol. The topological polar surface area (TPSA) is 38.7 Å². The first-order valence-corrected chi connectivity index (χ1v) is 6.61. The van der Waals surface area contributed by atoms with Crippen LogP contribution in [0.3, 0.4) is 0 Å². The Bertz CT molecular complexity index is 357. The molecule has 1 aromatic rings. The van der Waals surface area contributed by atoms with Gasteiger partial charge in [-0.1, -0.05) is 26.7 Å². The van der Waals surface area contributed by atoms with Gasteiger partial charge in [-0.25, -0.2) is 0 Å². The second kappa shape index (κ2) is 7.27. The lowest BCUT2D eigenvalue weighted by Crippen LogP contribution is -2.11. The molecule has 0 aromatic heterocycles. The number of hydrogen-bond donors (Lipinski definition) is 1. The third-order valence-corrected chi connectivity index (χ3v) is 3.30. The first-order chi connectivity index (χ1) is 8.62. The van der Waals surface area contributed by atoms with Crippen LogP contribution in [0.1, 0.15) is 45.3 Å². The average molecular weight is 252 g/mol. The van der Waals surface area contributed by atoms with Crippen molar-refractivity contribution in [1.29, 1.82) is 0 Å². The molecule has 1 N–H and O–H groups in total. The van der Waals surface area contributed by atoms with E-state index in [4.69, 9.17) is 9.47 Å². The van der Waals surface area contributed by atoms with Gasteiger partial charge in [-0.05, 0) is 25.0 Å². The van der Waals surface area contributed by atoms with E-state index in [1.165, 1.54) is 0 Å². The van der Waals surface area contributed by atoms with Crippen LogP contribution in [0.4, 0.5) is 0 Å². The minimum atomic E-state index is -0.535. The zero-order valence-corrected chi connectivity index (χ0v) is 11.8. The molecule has 0 spiro atoms. The fourth-order valence-corrected chi connectivity index (χ4v) is 1.84. The fourth-order valence-electron chi connectivity index (χ4n) is 1.84. The lowest BCUT2D eigenvalue weighted by atomic mass is 10.0. The van der Waals surface area contributed by atoms with Crippen LogP contribution in [0.2, 0.25) is 0 Å². The van der Waals surface area contributed by atoms with E-state index < -0.39 is 6.10 Å². The van der Waals surface area contributed by atoms with Gasteiger partial charge in [-0.2, -0.15) is 0 Å². The minimum Gasteiger partial charge on any atom is -0.497 e. The first-order valence-electron chi connectivity index (χ1n) is 6.61. The molecule has 0 unspecified atom stereocenters. The zero-order chi connectivity index (χ0) is 13.5. The molecule has 0 saturated carbocycles. The van der Waals surface area contributed by atoms with Crippen molar-refractivity contribution in [2.24, 2.45) is 5.92 Å². The summed E-state index contributed by atoms with van der Waals surface area (Å²) >= 11 is 0. The van der Waals surface area contributed by atoms with Crippen LogP contribution >= 0.6 is 0 Å². The number of hydrogen-bond acceptors (Lipinski definition) is 3. The molecule has 0 bridgehead atoms. The molecule has 1 rings (SSSR count). The third-order valence-electron chi connectivity index (χ3n) is 3.30. The van der Waals surface area contributed by atoms with Crippen molar-refractivity contribution in [1.82, 2.24) is 0 Å². The molecule has 0 fully saturated rings. The summed E-state index contributed by atoms with van der Waals surface area (Å²) in [4.78, 5) is 0. The monoisotopic (exact) mass is 252 g/mol. The lowest BCUT2D eigenvalue weighted by molar-refractivity contribution is 0.184. The summed E-state index contributed by atoms with van der Waals surface area (Å²) in [5.41, 5.74) is 0.807. The van der Waals surface area contributed by atoms with Crippen molar-refractivity contribution in [3.05, 3.63) is 23.8 Å². The Morgan fingerprint density at radius 3 is 2.39 bits per heavy atom. The largest absolute Gasteiger partial charge is 0.497 e. The smallest absolute Gasteiger partial charge is 0.128 e. The number of aliphatic hydroxyl groups is 1. The molecule has 3 heteroatoms. The van der Waals surface area contributed by atoms with E-state index in [9.17, 15) is 5.11 Å². The third kappa shape index (κ3) is 3.91. The van der Waals surface area contributed by atoms with Crippen molar-refractivity contribution in [2.75, 3.05) is 13.7 Å². The summed E-state index contributed by atoms with van der Waals surface area (Å²) in [6.07, 6.45) is 1.67. The predicted octanol–water partition coefficient (Wildman–Crippen LogP) is 3.56. The number of ether oxygens (including phenoxy) is 2. The number of benzene rings is 1.